The Bertz CT molecular complexity index is 756. The van der Waals surface area contributed by atoms with E-state index < -0.39 is 0 Å². The third kappa shape index (κ3) is 3.55. The average molecular weight is 356 g/mol. The minimum absolute atomic E-state index is 0.147. The molecule has 2 aromatic heterocycles. The van der Waals surface area contributed by atoms with E-state index in [1.165, 1.54) is 0 Å². The lowest BCUT2D eigenvalue weighted by molar-refractivity contribution is -0.00653. The molecule has 1 spiro atoms. The second kappa shape index (κ2) is 7.03. The van der Waals surface area contributed by atoms with Crippen molar-refractivity contribution in [2.24, 2.45) is 0 Å². The van der Waals surface area contributed by atoms with Gasteiger partial charge in [0.1, 0.15) is 18.0 Å². The van der Waals surface area contributed by atoms with Crippen LogP contribution in [0.25, 0.3) is 0 Å². The summed E-state index contributed by atoms with van der Waals surface area (Å²) in [4.78, 5) is 10.8. The van der Waals surface area contributed by atoms with Crippen LogP contribution in [0.15, 0.2) is 24.5 Å². The lowest BCUT2D eigenvalue weighted by atomic mass is 9.88. The molecule has 2 fully saturated rings. The van der Waals surface area contributed by atoms with Crippen molar-refractivity contribution in [1.82, 2.24) is 20.2 Å². The number of nitrogens with one attached hydrogen (secondary N) is 1. The third-order valence-electron chi connectivity index (χ3n) is 5.06. The maximum Gasteiger partial charge on any atom is 0.218 e. The SMILES string of the molecule is COc1cc(N2CCC[C@]3(C[C@H](Nc4ccc(C)nn4)CO3)C2)ncn1. The molecule has 26 heavy (non-hydrogen) atoms. The van der Waals surface area contributed by atoms with Crippen molar-refractivity contribution in [2.45, 2.75) is 37.8 Å². The number of aryl methyl sites for hydroxylation is 1. The van der Waals surface area contributed by atoms with Crippen LogP contribution in [0.4, 0.5) is 11.6 Å². The summed E-state index contributed by atoms with van der Waals surface area (Å²) in [5.74, 6) is 2.27. The number of anilines is 2. The molecule has 2 aliphatic heterocycles. The normalized spacial score (nSPS) is 25.5. The number of piperidine rings is 1. The van der Waals surface area contributed by atoms with Crippen LogP contribution in [0.3, 0.4) is 0 Å². The molecule has 0 bridgehead atoms. The highest BCUT2D eigenvalue weighted by Gasteiger charge is 2.44. The monoisotopic (exact) mass is 356 g/mol. The zero-order valence-electron chi connectivity index (χ0n) is 15.2. The van der Waals surface area contributed by atoms with E-state index in [1.54, 1.807) is 13.4 Å². The van der Waals surface area contributed by atoms with Gasteiger partial charge in [0.15, 0.2) is 0 Å². The van der Waals surface area contributed by atoms with Crippen molar-refractivity contribution in [2.75, 3.05) is 37.0 Å². The summed E-state index contributed by atoms with van der Waals surface area (Å²) in [5, 5.41) is 11.8. The first kappa shape index (κ1) is 17.0. The molecule has 8 nitrogen and oxygen atoms in total. The Balaban J connectivity index is 1.43. The molecule has 4 heterocycles. The van der Waals surface area contributed by atoms with Crippen LogP contribution in [-0.2, 0) is 4.74 Å². The van der Waals surface area contributed by atoms with Gasteiger partial charge in [-0.2, -0.15) is 5.10 Å². The molecule has 0 aliphatic carbocycles. The van der Waals surface area contributed by atoms with Gasteiger partial charge in [-0.3, -0.25) is 0 Å². The molecule has 0 unspecified atom stereocenters. The Labute approximate surface area is 153 Å². The maximum atomic E-state index is 6.27. The number of methoxy groups -OCH3 is 1. The molecule has 2 aliphatic rings. The zero-order chi connectivity index (χ0) is 18.0. The first-order valence-corrected chi connectivity index (χ1v) is 8.98. The Morgan fingerprint density at radius 3 is 3.04 bits per heavy atom. The van der Waals surface area contributed by atoms with E-state index in [2.05, 4.69) is 30.4 Å². The maximum absolute atomic E-state index is 6.27. The number of ether oxygens (including phenoxy) is 2. The van der Waals surface area contributed by atoms with Gasteiger partial charge in [-0.1, -0.05) is 0 Å². The molecule has 0 amide bonds. The highest BCUT2D eigenvalue weighted by atomic mass is 16.5. The van der Waals surface area contributed by atoms with Crippen LogP contribution in [0, 0.1) is 6.92 Å². The average Bonchev–Trinajstić information content (AvgIpc) is 3.05. The molecular formula is C18H24N6O2. The molecule has 2 atom stereocenters. The minimum Gasteiger partial charge on any atom is -0.481 e. The van der Waals surface area contributed by atoms with Crippen molar-refractivity contribution in [3.8, 4) is 5.88 Å². The molecule has 138 valence electrons. The molecule has 2 aromatic rings. The summed E-state index contributed by atoms with van der Waals surface area (Å²) in [7, 11) is 1.62. The van der Waals surface area contributed by atoms with Crippen molar-refractivity contribution >= 4 is 11.6 Å². The highest BCUT2D eigenvalue weighted by Crippen LogP contribution is 2.37. The van der Waals surface area contributed by atoms with Crippen LogP contribution in [-0.4, -0.2) is 58.6 Å². The zero-order valence-corrected chi connectivity index (χ0v) is 15.2. The van der Waals surface area contributed by atoms with E-state index in [4.69, 9.17) is 9.47 Å². The summed E-state index contributed by atoms with van der Waals surface area (Å²) in [5.41, 5.74) is 0.768. The Morgan fingerprint density at radius 2 is 2.23 bits per heavy atom. The van der Waals surface area contributed by atoms with E-state index in [0.29, 0.717) is 12.5 Å². The Morgan fingerprint density at radius 1 is 1.31 bits per heavy atom. The first-order chi connectivity index (χ1) is 12.7. The highest BCUT2D eigenvalue weighted by molar-refractivity contribution is 5.42. The van der Waals surface area contributed by atoms with Gasteiger partial charge >= 0.3 is 0 Å². The third-order valence-corrected chi connectivity index (χ3v) is 5.06. The second-order valence-electron chi connectivity index (χ2n) is 7.04. The minimum atomic E-state index is -0.147. The van der Waals surface area contributed by atoms with Gasteiger partial charge in [0.05, 0.1) is 31.1 Å². The standard InChI is InChI=1S/C18H24N6O2/c1-13-4-5-15(23-22-13)21-14-9-18(26-10-14)6-3-7-24(11-18)16-8-17(25-2)20-12-19-16/h4-5,8,12,14H,3,6-7,9-11H2,1-2H3,(H,21,23)/t14-,18-/m0/s1. The topological polar surface area (TPSA) is 85.3 Å². The predicted octanol–water partition coefficient (Wildman–Crippen LogP) is 1.82. The van der Waals surface area contributed by atoms with Crippen LogP contribution in [0.1, 0.15) is 25.0 Å². The van der Waals surface area contributed by atoms with Gasteiger partial charge < -0.3 is 19.7 Å². The van der Waals surface area contributed by atoms with Crippen molar-refractivity contribution in [3.05, 3.63) is 30.2 Å². The van der Waals surface area contributed by atoms with Gasteiger partial charge in [-0.15, -0.1) is 5.10 Å². The van der Waals surface area contributed by atoms with Crippen LogP contribution >= 0.6 is 0 Å². The van der Waals surface area contributed by atoms with Crippen molar-refractivity contribution < 1.29 is 9.47 Å². The van der Waals surface area contributed by atoms with E-state index in [-0.39, 0.29) is 11.6 Å². The molecule has 2 saturated heterocycles. The van der Waals surface area contributed by atoms with Crippen molar-refractivity contribution in [3.63, 3.8) is 0 Å². The number of hydrogen-bond acceptors (Lipinski definition) is 8. The fourth-order valence-electron chi connectivity index (χ4n) is 3.81. The van der Waals surface area contributed by atoms with Crippen LogP contribution in [0.5, 0.6) is 5.88 Å². The molecule has 0 aromatic carbocycles. The molecular weight excluding hydrogens is 332 g/mol. The molecule has 8 heteroatoms. The summed E-state index contributed by atoms with van der Waals surface area (Å²) in [6, 6.07) is 6.05. The van der Waals surface area contributed by atoms with E-state index in [9.17, 15) is 0 Å². The lowest BCUT2D eigenvalue weighted by Gasteiger charge is -2.40. The van der Waals surface area contributed by atoms with E-state index in [0.717, 1.165) is 49.7 Å². The quantitative estimate of drug-likeness (QED) is 0.888. The lowest BCUT2D eigenvalue weighted by Crippen LogP contribution is -2.48. The summed E-state index contributed by atoms with van der Waals surface area (Å²) < 4.78 is 11.5. The summed E-state index contributed by atoms with van der Waals surface area (Å²) >= 11 is 0. The predicted molar refractivity (Wildman–Crippen MR) is 97.5 cm³/mol. The molecule has 1 N–H and O–H groups in total. The largest absolute Gasteiger partial charge is 0.481 e. The van der Waals surface area contributed by atoms with Gasteiger partial charge in [-0.25, -0.2) is 9.97 Å². The number of aromatic nitrogens is 4. The fraction of sp³-hybridized carbons (Fsp3) is 0.556. The number of nitrogens with zero attached hydrogens (tertiary/aromatic N) is 5. The first-order valence-electron chi connectivity index (χ1n) is 8.98. The van der Waals surface area contributed by atoms with Crippen LogP contribution in [0.2, 0.25) is 0 Å². The molecule has 4 rings (SSSR count). The van der Waals surface area contributed by atoms with Crippen molar-refractivity contribution in [1.29, 1.82) is 0 Å². The fourth-order valence-corrected chi connectivity index (χ4v) is 3.81. The van der Waals surface area contributed by atoms with Crippen LogP contribution < -0.4 is 15.0 Å². The molecule has 0 radical (unpaired) electrons. The van der Waals surface area contributed by atoms with E-state index in [1.807, 2.05) is 25.1 Å². The smallest absolute Gasteiger partial charge is 0.218 e. The van der Waals surface area contributed by atoms with Gasteiger partial charge in [0, 0.05) is 25.6 Å². The van der Waals surface area contributed by atoms with Gasteiger partial charge in [0.2, 0.25) is 5.88 Å². The summed E-state index contributed by atoms with van der Waals surface area (Å²) in [6.45, 7) is 4.40. The number of hydrogen-bond donors (Lipinski definition) is 1. The second-order valence-corrected chi connectivity index (χ2v) is 7.04. The number of rotatable bonds is 4. The molecule has 0 saturated carbocycles. The van der Waals surface area contributed by atoms with Gasteiger partial charge in [-0.05, 0) is 31.9 Å². The Hall–Kier alpha value is -2.48. The van der Waals surface area contributed by atoms with Gasteiger partial charge in [0.25, 0.3) is 0 Å². The van der Waals surface area contributed by atoms with E-state index >= 15 is 0 Å². The Kier molecular flexibility index (Phi) is 4.58. The summed E-state index contributed by atoms with van der Waals surface area (Å²) in [6.07, 6.45) is 4.62.